The first-order chi connectivity index (χ1) is 29.8. The molecule has 60 heavy (non-hydrogen) atoms. The third kappa shape index (κ3) is 4.49. The van der Waals surface area contributed by atoms with Gasteiger partial charge in [-0.1, -0.05) is 176 Å². The Bertz CT molecular complexity index is 3500. The second-order valence-electron chi connectivity index (χ2n) is 16.0. The molecule has 278 valence electrons. The zero-order chi connectivity index (χ0) is 39.4. The smallest absolute Gasteiger partial charge is 0.145 e. The number of hydrogen-bond donors (Lipinski definition) is 0. The molecular weight excluding hydrogens is 727 g/mol. The van der Waals surface area contributed by atoms with E-state index in [1.54, 1.807) is 0 Å². The summed E-state index contributed by atoms with van der Waals surface area (Å²) >= 11 is 0. The lowest BCUT2D eigenvalue weighted by Gasteiger charge is -2.30. The standard InChI is InChI=1S/C57H35N3/c1-2-15-37(16-3-1)56-59-51-27-12-13-28-52(51)60(56)40-31-29-36(30-32-40)38-17-14-18-39(35-38)55-54-44(43-21-7-11-26-50(43)58-55)33-34-49-53(54)45-22-6-10-25-48(45)57(49)46-23-8-4-19-41(46)42-20-5-9-24-47(42)57/h1-35H. The zero-order valence-corrected chi connectivity index (χ0v) is 32.5. The minimum Gasteiger partial charge on any atom is -0.292 e. The van der Waals surface area contributed by atoms with Crippen molar-refractivity contribution < 1.29 is 0 Å². The van der Waals surface area contributed by atoms with Gasteiger partial charge in [0.2, 0.25) is 0 Å². The molecule has 1 spiro atoms. The molecule has 2 aliphatic rings. The molecule has 3 heteroatoms. The molecule has 0 saturated carbocycles. The highest BCUT2D eigenvalue weighted by atomic mass is 15.1. The maximum Gasteiger partial charge on any atom is 0.145 e. The first-order valence-corrected chi connectivity index (χ1v) is 20.7. The lowest BCUT2D eigenvalue weighted by molar-refractivity contribution is 0.794. The van der Waals surface area contributed by atoms with Gasteiger partial charge in [-0.3, -0.25) is 4.57 Å². The van der Waals surface area contributed by atoms with Crippen LogP contribution in [0.3, 0.4) is 0 Å². The molecule has 0 radical (unpaired) electrons. The fourth-order valence-corrected chi connectivity index (χ4v) is 10.6. The average Bonchev–Trinajstić information content (AvgIpc) is 3.96. The van der Waals surface area contributed by atoms with Crippen molar-refractivity contribution in [1.29, 1.82) is 0 Å². The van der Waals surface area contributed by atoms with Gasteiger partial charge in [0.15, 0.2) is 0 Å². The van der Waals surface area contributed by atoms with Gasteiger partial charge in [-0.2, -0.15) is 0 Å². The van der Waals surface area contributed by atoms with Gasteiger partial charge in [0, 0.05) is 27.6 Å². The SMILES string of the molecule is c1ccc(-c2nc3ccccc3n2-c2ccc(-c3cccc(-c4nc5ccccc5c5ccc6c(c45)-c4ccccc4C64c5ccccc5-c5ccccc54)c3)cc2)cc1. The van der Waals surface area contributed by atoms with Crippen LogP contribution in [-0.2, 0) is 5.41 Å². The minimum absolute atomic E-state index is 0.430. The zero-order valence-electron chi connectivity index (χ0n) is 32.5. The summed E-state index contributed by atoms with van der Waals surface area (Å²) in [5.41, 5.74) is 19.7. The van der Waals surface area contributed by atoms with Crippen LogP contribution in [0.1, 0.15) is 22.3 Å². The van der Waals surface area contributed by atoms with Gasteiger partial charge in [-0.15, -0.1) is 0 Å². The summed E-state index contributed by atoms with van der Waals surface area (Å²) in [6.07, 6.45) is 0. The van der Waals surface area contributed by atoms with Gasteiger partial charge in [-0.25, -0.2) is 9.97 Å². The number of pyridine rings is 1. The van der Waals surface area contributed by atoms with E-state index in [1.807, 2.05) is 6.07 Å². The highest BCUT2D eigenvalue weighted by molar-refractivity contribution is 6.19. The monoisotopic (exact) mass is 761 g/mol. The molecule has 0 saturated heterocycles. The quantitative estimate of drug-likeness (QED) is 0.167. The van der Waals surface area contributed by atoms with E-state index in [1.165, 1.54) is 60.7 Å². The molecule has 0 aliphatic heterocycles. The van der Waals surface area contributed by atoms with Crippen LogP contribution in [-0.4, -0.2) is 14.5 Å². The molecule has 0 bridgehead atoms. The Labute approximate surface area is 347 Å². The summed E-state index contributed by atoms with van der Waals surface area (Å²) in [6, 6.07) is 77.1. The molecule has 0 unspecified atom stereocenters. The van der Waals surface area contributed by atoms with Crippen molar-refractivity contribution in [1.82, 2.24) is 14.5 Å². The van der Waals surface area contributed by atoms with E-state index >= 15 is 0 Å². The largest absolute Gasteiger partial charge is 0.292 e. The van der Waals surface area contributed by atoms with Crippen LogP contribution in [0, 0.1) is 0 Å². The number of aromatic nitrogens is 3. The number of rotatable bonds is 4. The van der Waals surface area contributed by atoms with Crippen LogP contribution in [0.15, 0.2) is 212 Å². The Morgan fingerprint density at radius 1 is 0.367 bits per heavy atom. The Morgan fingerprint density at radius 3 is 1.73 bits per heavy atom. The maximum atomic E-state index is 5.57. The van der Waals surface area contributed by atoms with E-state index in [0.717, 1.165) is 56.0 Å². The number of nitrogens with zero attached hydrogens (tertiary/aromatic N) is 3. The Kier molecular flexibility index (Phi) is 6.93. The molecular formula is C57H35N3. The van der Waals surface area contributed by atoms with Crippen molar-refractivity contribution in [2.24, 2.45) is 0 Å². The molecule has 2 heterocycles. The molecule has 0 fully saturated rings. The van der Waals surface area contributed by atoms with Gasteiger partial charge in [0.1, 0.15) is 5.82 Å². The predicted octanol–water partition coefficient (Wildman–Crippen LogP) is 14.1. The van der Waals surface area contributed by atoms with E-state index < -0.39 is 5.41 Å². The van der Waals surface area contributed by atoms with Gasteiger partial charge in [0.05, 0.1) is 27.7 Å². The highest BCUT2D eigenvalue weighted by Crippen LogP contribution is 2.64. The van der Waals surface area contributed by atoms with Crippen molar-refractivity contribution in [2.75, 3.05) is 0 Å². The Hall–Kier alpha value is -7.88. The first kappa shape index (κ1) is 33.1. The predicted molar refractivity (Wildman–Crippen MR) is 246 cm³/mol. The van der Waals surface area contributed by atoms with Crippen LogP contribution in [0.4, 0.5) is 0 Å². The summed E-state index contributed by atoms with van der Waals surface area (Å²) in [6.45, 7) is 0. The Balaban J connectivity index is 1.02. The van der Waals surface area contributed by atoms with Crippen LogP contribution in [0.5, 0.6) is 0 Å². The number of fused-ring (bicyclic) bond motifs is 15. The number of hydrogen-bond acceptors (Lipinski definition) is 2. The van der Waals surface area contributed by atoms with Gasteiger partial charge >= 0.3 is 0 Å². The molecule has 9 aromatic carbocycles. The average molecular weight is 762 g/mol. The van der Waals surface area contributed by atoms with Gasteiger partial charge in [0.25, 0.3) is 0 Å². The molecule has 13 rings (SSSR count). The summed E-state index contributed by atoms with van der Waals surface area (Å²) in [4.78, 5) is 10.6. The number of benzene rings is 9. The lowest BCUT2D eigenvalue weighted by atomic mass is 9.70. The summed E-state index contributed by atoms with van der Waals surface area (Å²) < 4.78 is 2.27. The van der Waals surface area contributed by atoms with E-state index in [4.69, 9.17) is 9.97 Å². The third-order valence-electron chi connectivity index (χ3n) is 13.0. The highest BCUT2D eigenvalue weighted by Gasteiger charge is 2.52. The van der Waals surface area contributed by atoms with Crippen LogP contribution in [0.2, 0.25) is 0 Å². The number of imidazole rings is 1. The summed E-state index contributed by atoms with van der Waals surface area (Å²) in [7, 11) is 0. The molecule has 0 N–H and O–H groups in total. The molecule has 3 nitrogen and oxygen atoms in total. The second kappa shape index (κ2) is 12.6. The topological polar surface area (TPSA) is 30.7 Å². The molecule has 0 amide bonds. The van der Waals surface area contributed by atoms with Crippen molar-refractivity contribution in [3.63, 3.8) is 0 Å². The van der Waals surface area contributed by atoms with Gasteiger partial charge < -0.3 is 0 Å². The second-order valence-corrected chi connectivity index (χ2v) is 16.0. The van der Waals surface area contributed by atoms with Crippen LogP contribution in [0.25, 0.3) is 94.4 Å². The van der Waals surface area contributed by atoms with Gasteiger partial charge in [-0.05, 0) is 97.4 Å². The van der Waals surface area contributed by atoms with Crippen molar-refractivity contribution in [3.05, 3.63) is 235 Å². The van der Waals surface area contributed by atoms with Crippen LogP contribution < -0.4 is 0 Å². The molecule has 2 aliphatic carbocycles. The molecule has 11 aromatic rings. The number of para-hydroxylation sites is 3. The van der Waals surface area contributed by atoms with E-state index in [9.17, 15) is 0 Å². The van der Waals surface area contributed by atoms with Crippen LogP contribution >= 0.6 is 0 Å². The fraction of sp³-hybridized carbons (Fsp3) is 0.0175. The van der Waals surface area contributed by atoms with Crippen molar-refractivity contribution in [3.8, 4) is 61.7 Å². The van der Waals surface area contributed by atoms with Crippen molar-refractivity contribution >= 4 is 32.7 Å². The van der Waals surface area contributed by atoms with E-state index in [0.29, 0.717) is 0 Å². The first-order valence-electron chi connectivity index (χ1n) is 20.7. The third-order valence-corrected chi connectivity index (χ3v) is 13.0. The van der Waals surface area contributed by atoms with Crippen molar-refractivity contribution in [2.45, 2.75) is 5.41 Å². The lowest BCUT2D eigenvalue weighted by Crippen LogP contribution is -2.25. The Morgan fingerprint density at radius 2 is 0.967 bits per heavy atom. The minimum atomic E-state index is -0.430. The summed E-state index contributed by atoms with van der Waals surface area (Å²) in [5, 5.41) is 3.58. The molecule has 2 aromatic heterocycles. The summed E-state index contributed by atoms with van der Waals surface area (Å²) in [5.74, 6) is 0.932. The molecule has 0 atom stereocenters. The van der Waals surface area contributed by atoms with E-state index in [-0.39, 0.29) is 0 Å². The maximum absolute atomic E-state index is 5.57. The fourth-order valence-electron chi connectivity index (χ4n) is 10.6. The normalized spacial score (nSPS) is 13.1. The van der Waals surface area contributed by atoms with E-state index in [2.05, 4.69) is 211 Å².